The molecule has 2 N–H and O–H groups in total. The predicted molar refractivity (Wildman–Crippen MR) is 73.7 cm³/mol. The molecule has 2 rings (SSSR count). The molecule has 0 radical (unpaired) electrons. The number of aromatic nitrogens is 4. The first-order chi connectivity index (χ1) is 9.97. The lowest BCUT2D eigenvalue weighted by Gasteiger charge is -2.13. The van der Waals surface area contributed by atoms with Crippen LogP contribution in [0.4, 0.5) is 0 Å². The molecule has 21 heavy (non-hydrogen) atoms. The van der Waals surface area contributed by atoms with Crippen LogP contribution in [-0.4, -0.2) is 42.6 Å². The molecular formula is C13H17N5O3. The van der Waals surface area contributed by atoms with Gasteiger partial charge in [-0.15, -0.1) is 0 Å². The molecule has 0 bridgehead atoms. The highest BCUT2D eigenvalue weighted by Gasteiger charge is 2.17. The number of aliphatic carboxylic acids is 1. The Bertz CT molecular complexity index is 620. The van der Waals surface area contributed by atoms with E-state index in [-0.39, 0.29) is 11.9 Å². The molecule has 0 spiro atoms. The lowest BCUT2D eigenvalue weighted by atomic mass is 10.2. The molecule has 2 atom stereocenters. The summed E-state index contributed by atoms with van der Waals surface area (Å²) in [6.45, 7) is 3.92. The largest absolute Gasteiger partial charge is 0.480 e. The van der Waals surface area contributed by atoms with Crippen LogP contribution in [0.25, 0.3) is 0 Å². The van der Waals surface area contributed by atoms with E-state index in [9.17, 15) is 9.59 Å². The van der Waals surface area contributed by atoms with Gasteiger partial charge in [0.15, 0.2) is 0 Å². The van der Waals surface area contributed by atoms with Crippen molar-refractivity contribution in [1.29, 1.82) is 0 Å². The predicted octanol–water partition coefficient (Wildman–Crippen LogP) is 0.544. The van der Waals surface area contributed by atoms with E-state index in [0.29, 0.717) is 12.1 Å². The van der Waals surface area contributed by atoms with Crippen LogP contribution in [0.2, 0.25) is 0 Å². The Labute approximate surface area is 121 Å². The summed E-state index contributed by atoms with van der Waals surface area (Å²) >= 11 is 0. The van der Waals surface area contributed by atoms with Crippen LogP contribution in [0.5, 0.6) is 0 Å². The molecule has 0 saturated heterocycles. The van der Waals surface area contributed by atoms with Gasteiger partial charge in [0, 0.05) is 24.6 Å². The Morgan fingerprint density at radius 3 is 2.76 bits per heavy atom. The van der Waals surface area contributed by atoms with Gasteiger partial charge in [0.1, 0.15) is 6.04 Å². The number of amides is 1. The molecule has 0 saturated carbocycles. The zero-order valence-electron chi connectivity index (χ0n) is 11.8. The lowest BCUT2D eigenvalue weighted by molar-refractivity contribution is -0.140. The van der Waals surface area contributed by atoms with Crippen molar-refractivity contribution in [2.24, 2.45) is 0 Å². The van der Waals surface area contributed by atoms with Crippen molar-refractivity contribution in [2.75, 3.05) is 0 Å². The summed E-state index contributed by atoms with van der Waals surface area (Å²) in [5.74, 6) is -1.30. The minimum absolute atomic E-state index is 0.113. The summed E-state index contributed by atoms with van der Waals surface area (Å²) in [7, 11) is 0. The molecule has 0 aromatic carbocycles. The maximum atomic E-state index is 12.0. The van der Waals surface area contributed by atoms with Gasteiger partial charge in [-0.1, -0.05) is 0 Å². The molecular weight excluding hydrogens is 274 g/mol. The van der Waals surface area contributed by atoms with Crippen LogP contribution >= 0.6 is 0 Å². The van der Waals surface area contributed by atoms with Crippen molar-refractivity contribution in [3.63, 3.8) is 0 Å². The van der Waals surface area contributed by atoms with Crippen molar-refractivity contribution in [3.8, 4) is 0 Å². The average molecular weight is 291 g/mol. The number of rotatable bonds is 6. The maximum absolute atomic E-state index is 12.0. The SMILES string of the molecule is CC(Cn1cccn1)NC(=O)c1cnn(C(C)C(=O)O)c1. The molecule has 8 heteroatoms. The number of carbonyl (C=O) groups excluding carboxylic acids is 1. The molecule has 2 heterocycles. The van der Waals surface area contributed by atoms with Crippen molar-refractivity contribution in [1.82, 2.24) is 24.9 Å². The molecule has 8 nitrogen and oxygen atoms in total. The number of nitrogens with zero attached hydrogens (tertiary/aromatic N) is 4. The third-order valence-corrected chi connectivity index (χ3v) is 3.02. The Kier molecular flexibility index (Phi) is 4.36. The van der Waals surface area contributed by atoms with Crippen LogP contribution in [0.15, 0.2) is 30.9 Å². The second-order valence-corrected chi connectivity index (χ2v) is 4.83. The number of hydrogen-bond acceptors (Lipinski definition) is 4. The van der Waals surface area contributed by atoms with Gasteiger partial charge in [-0.25, -0.2) is 4.79 Å². The molecule has 2 unspecified atom stereocenters. The fraction of sp³-hybridized carbons (Fsp3) is 0.385. The van der Waals surface area contributed by atoms with E-state index >= 15 is 0 Å². The molecule has 0 aliphatic heterocycles. The number of hydrogen-bond donors (Lipinski definition) is 2. The van der Waals surface area contributed by atoms with Crippen molar-refractivity contribution >= 4 is 11.9 Å². The van der Waals surface area contributed by atoms with Gasteiger partial charge in [-0.05, 0) is 19.9 Å². The molecule has 112 valence electrons. The lowest BCUT2D eigenvalue weighted by Crippen LogP contribution is -2.35. The topological polar surface area (TPSA) is 102 Å². The first kappa shape index (κ1) is 14.8. The summed E-state index contributed by atoms with van der Waals surface area (Å²) in [5, 5.41) is 19.7. The van der Waals surface area contributed by atoms with Gasteiger partial charge in [-0.3, -0.25) is 14.2 Å². The van der Waals surface area contributed by atoms with E-state index in [1.54, 1.807) is 10.9 Å². The smallest absolute Gasteiger partial charge is 0.328 e. The van der Waals surface area contributed by atoms with Crippen molar-refractivity contribution in [2.45, 2.75) is 32.5 Å². The third kappa shape index (κ3) is 3.68. The third-order valence-electron chi connectivity index (χ3n) is 3.02. The van der Waals surface area contributed by atoms with Gasteiger partial charge in [-0.2, -0.15) is 10.2 Å². The fourth-order valence-electron chi connectivity index (χ4n) is 1.82. The van der Waals surface area contributed by atoms with Gasteiger partial charge < -0.3 is 10.4 Å². The highest BCUT2D eigenvalue weighted by molar-refractivity contribution is 5.93. The van der Waals surface area contributed by atoms with E-state index in [1.165, 1.54) is 24.0 Å². The van der Waals surface area contributed by atoms with Gasteiger partial charge in [0.2, 0.25) is 0 Å². The summed E-state index contributed by atoms with van der Waals surface area (Å²) in [6, 6.07) is 0.886. The summed E-state index contributed by atoms with van der Waals surface area (Å²) in [4.78, 5) is 22.9. The first-order valence-corrected chi connectivity index (χ1v) is 6.52. The van der Waals surface area contributed by atoms with Gasteiger partial charge in [0.25, 0.3) is 5.91 Å². The van der Waals surface area contributed by atoms with E-state index < -0.39 is 12.0 Å². The van der Waals surface area contributed by atoms with E-state index in [0.717, 1.165) is 0 Å². The molecule has 2 aromatic heterocycles. The minimum Gasteiger partial charge on any atom is -0.480 e. The van der Waals surface area contributed by atoms with Crippen LogP contribution < -0.4 is 5.32 Å². The van der Waals surface area contributed by atoms with Crippen LogP contribution in [-0.2, 0) is 11.3 Å². The maximum Gasteiger partial charge on any atom is 0.328 e. The molecule has 0 aliphatic carbocycles. The second-order valence-electron chi connectivity index (χ2n) is 4.83. The quantitative estimate of drug-likeness (QED) is 0.809. The first-order valence-electron chi connectivity index (χ1n) is 6.52. The molecule has 2 aromatic rings. The molecule has 1 amide bonds. The number of carbonyl (C=O) groups is 2. The number of carboxylic acid groups (broad SMARTS) is 1. The van der Waals surface area contributed by atoms with Crippen molar-refractivity contribution < 1.29 is 14.7 Å². The normalized spacial score (nSPS) is 13.6. The summed E-state index contributed by atoms with van der Waals surface area (Å²) < 4.78 is 2.97. The Morgan fingerprint density at radius 1 is 1.38 bits per heavy atom. The Balaban J connectivity index is 1.95. The second kappa shape index (κ2) is 6.21. The minimum atomic E-state index is -1.00. The zero-order chi connectivity index (χ0) is 15.4. The monoisotopic (exact) mass is 291 g/mol. The zero-order valence-corrected chi connectivity index (χ0v) is 11.8. The summed E-state index contributed by atoms with van der Waals surface area (Å²) in [5.41, 5.74) is 0.329. The molecule has 0 aliphatic rings. The van der Waals surface area contributed by atoms with Crippen LogP contribution in [0.1, 0.15) is 30.2 Å². The van der Waals surface area contributed by atoms with Crippen LogP contribution in [0, 0.1) is 0 Å². The van der Waals surface area contributed by atoms with E-state index in [1.807, 2.05) is 19.2 Å². The van der Waals surface area contributed by atoms with E-state index in [2.05, 4.69) is 15.5 Å². The van der Waals surface area contributed by atoms with Crippen LogP contribution in [0.3, 0.4) is 0 Å². The highest BCUT2D eigenvalue weighted by atomic mass is 16.4. The Morgan fingerprint density at radius 2 is 2.14 bits per heavy atom. The standard InChI is InChI=1S/C13H17N5O3/c1-9(7-17-5-3-4-14-17)16-12(19)11-6-15-18(8-11)10(2)13(20)21/h3-6,8-10H,7H2,1-2H3,(H,16,19)(H,20,21). The van der Waals surface area contributed by atoms with Gasteiger partial charge in [0.05, 0.1) is 18.3 Å². The Hall–Kier alpha value is -2.64. The fourth-order valence-corrected chi connectivity index (χ4v) is 1.82. The number of carboxylic acids is 1. The summed E-state index contributed by atoms with van der Waals surface area (Å²) in [6.07, 6.45) is 6.27. The van der Waals surface area contributed by atoms with Crippen molar-refractivity contribution in [3.05, 3.63) is 36.4 Å². The number of nitrogens with one attached hydrogen (secondary N) is 1. The van der Waals surface area contributed by atoms with E-state index in [4.69, 9.17) is 5.11 Å². The molecule has 0 fully saturated rings. The van der Waals surface area contributed by atoms with Gasteiger partial charge >= 0.3 is 5.97 Å². The average Bonchev–Trinajstić information content (AvgIpc) is 3.07. The highest BCUT2D eigenvalue weighted by Crippen LogP contribution is 2.07.